The highest BCUT2D eigenvalue weighted by molar-refractivity contribution is 6.33. The number of halogens is 2. The minimum atomic E-state index is -0.476. The molecule has 13 heteroatoms. The molecule has 11 nitrogen and oxygen atoms in total. The molecule has 3 N–H and O–H groups in total. The van der Waals surface area contributed by atoms with Crippen molar-refractivity contribution in [3.05, 3.63) is 64.3 Å². The highest BCUT2D eigenvalue weighted by Gasteiger charge is 2.22. The maximum Gasteiger partial charge on any atom is 0.278 e. The molecule has 0 radical (unpaired) electrons. The normalized spacial score (nSPS) is 14.4. The second kappa shape index (κ2) is 11.8. The molecular weight excluding hydrogens is 525 g/mol. The number of nitrogens with one attached hydrogen (secondary N) is 3. The van der Waals surface area contributed by atoms with Crippen molar-refractivity contribution in [3.63, 3.8) is 0 Å². The molecule has 3 heterocycles. The number of likely N-dealkylation sites (N-methyl/N-ethyl adjacent to an activating group) is 1. The molecule has 39 heavy (non-hydrogen) atoms. The van der Waals surface area contributed by atoms with E-state index in [0.717, 1.165) is 13.1 Å². The Morgan fingerprint density at radius 2 is 1.97 bits per heavy atom. The van der Waals surface area contributed by atoms with Crippen molar-refractivity contribution in [2.24, 2.45) is 0 Å². The number of benzene rings is 1. The third kappa shape index (κ3) is 6.18. The van der Waals surface area contributed by atoms with Crippen molar-refractivity contribution in [2.45, 2.75) is 26.4 Å². The number of rotatable bonds is 8. The third-order valence-electron chi connectivity index (χ3n) is 6.12. The van der Waals surface area contributed by atoms with Crippen LogP contribution in [0, 0.1) is 11.2 Å². The fourth-order valence-corrected chi connectivity index (χ4v) is 4.60. The first-order valence-electron chi connectivity index (χ1n) is 12.5. The molecule has 1 fully saturated rings. The lowest BCUT2D eigenvalue weighted by Crippen LogP contribution is -2.44. The Balaban J connectivity index is 1.67. The van der Waals surface area contributed by atoms with Crippen molar-refractivity contribution in [3.8, 4) is 0 Å². The summed E-state index contributed by atoms with van der Waals surface area (Å²) in [6.45, 7) is 10.4. The molecule has 0 bridgehead atoms. The van der Waals surface area contributed by atoms with E-state index in [0.29, 0.717) is 24.5 Å². The Hall–Kier alpha value is -4.03. The van der Waals surface area contributed by atoms with Crippen molar-refractivity contribution in [2.75, 3.05) is 43.4 Å². The van der Waals surface area contributed by atoms with Crippen LogP contribution in [0.25, 0.3) is 11.0 Å². The van der Waals surface area contributed by atoms with Gasteiger partial charge in [0.05, 0.1) is 17.3 Å². The molecule has 3 aromatic rings. The zero-order valence-corrected chi connectivity index (χ0v) is 22.8. The van der Waals surface area contributed by atoms with Gasteiger partial charge < -0.3 is 20.4 Å². The van der Waals surface area contributed by atoms with Crippen LogP contribution < -0.4 is 21.1 Å². The second-order valence-corrected chi connectivity index (χ2v) is 9.91. The van der Waals surface area contributed by atoms with Crippen molar-refractivity contribution in [1.82, 2.24) is 29.5 Å². The second-order valence-electron chi connectivity index (χ2n) is 9.50. The molecular formula is C26H31ClFN9O2. The summed E-state index contributed by atoms with van der Waals surface area (Å²) in [5.41, 5.74) is 0.393. The smallest absolute Gasteiger partial charge is 0.278 e. The van der Waals surface area contributed by atoms with E-state index < -0.39 is 11.4 Å². The molecule has 1 aliphatic rings. The van der Waals surface area contributed by atoms with E-state index in [-0.39, 0.29) is 46.3 Å². The molecule has 4 rings (SSSR count). The van der Waals surface area contributed by atoms with E-state index in [1.54, 1.807) is 6.07 Å². The number of hydrogen-bond acceptors (Lipinski definition) is 8. The number of nitrogens with zero attached hydrogens (tertiary/aromatic N) is 6. The summed E-state index contributed by atoms with van der Waals surface area (Å²) in [6.07, 6.45) is 5.34. The Morgan fingerprint density at radius 3 is 2.62 bits per heavy atom. The number of hydrogen-bond donors (Lipinski definition) is 3. The van der Waals surface area contributed by atoms with Gasteiger partial charge in [-0.3, -0.25) is 15.0 Å². The number of amides is 1. The Morgan fingerprint density at radius 1 is 1.26 bits per heavy atom. The predicted molar refractivity (Wildman–Crippen MR) is 152 cm³/mol. The van der Waals surface area contributed by atoms with Crippen molar-refractivity contribution < 1.29 is 9.18 Å². The molecule has 1 aliphatic heterocycles. The van der Waals surface area contributed by atoms with E-state index in [2.05, 4.69) is 32.1 Å². The van der Waals surface area contributed by atoms with Gasteiger partial charge in [0.2, 0.25) is 11.9 Å². The highest BCUT2D eigenvalue weighted by Crippen LogP contribution is 2.33. The number of allylic oxidation sites excluding steroid dienone is 2. The van der Waals surface area contributed by atoms with Gasteiger partial charge in [0.25, 0.3) is 5.56 Å². The van der Waals surface area contributed by atoms with E-state index in [4.69, 9.17) is 17.0 Å². The molecule has 0 atom stereocenters. The zero-order valence-electron chi connectivity index (χ0n) is 22.0. The van der Waals surface area contributed by atoms with Crippen LogP contribution in [0.4, 0.5) is 21.7 Å². The van der Waals surface area contributed by atoms with Gasteiger partial charge in [0, 0.05) is 50.2 Å². The van der Waals surface area contributed by atoms with E-state index >= 15 is 4.39 Å². The van der Waals surface area contributed by atoms with Crippen LogP contribution in [0.15, 0.2) is 47.9 Å². The Kier molecular flexibility index (Phi) is 8.46. The molecule has 1 aromatic carbocycles. The topological polar surface area (TPSA) is 124 Å². The maximum atomic E-state index is 15.1. The maximum absolute atomic E-state index is 15.1. The molecule has 0 aliphatic carbocycles. The summed E-state index contributed by atoms with van der Waals surface area (Å²) >= 11 is 6.48. The molecule has 2 aromatic heterocycles. The lowest BCUT2D eigenvalue weighted by atomic mass is 10.2. The number of aromatic nitrogens is 4. The SMILES string of the molecule is C=CCn1c(=O)c2cnc(Nc3cc(F)c(N4CCN(C)CC4)c(Cl)c3)nc2n1C(=N)/C=C\C(=O)NC(C)C. The van der Waals surface area contributed by atoms with Gasteiger partial charge in [-0.2, -0.15) is 4.98 Å². The van der Waals surface area contributed by atoms with Crippen LogP contribution in [0.1, 0.15) is 13.8 Å². The van der Waals surface area contributed by atoms with Gasteiger partial charge in [-0.15, -0.1) is 6.58 Å². The average molecular weight is 556 g/mol. The van der Waals surface area contributed by atoms with Crippen LogP contribution >= 0.6 is 11.6 Å². The summed E-state index contributed by atoms with van der Waals surface area (Å²) in [6, 6.07) is 2.85. The van der Waals surface area contributed by atoms with Gasteiger partial charge in [-0.1, -0.05) is 17.7 Å². The minimum absolute atomic E-state index is 0.0713. The quantitative estimate of drug-likeness (QED) is 0.169. The molecule has 0 saturated carbocycles. The first-order valence-corrected chi connectivity index (χ1v) is 12.8. The zero-order chi connectivity index (χ0) is 28.3. The lowest BCUT2D eigenvalue weighted by Gasteiger charge is -2.34. The Bertz CT molecular complexity index is 1480. The Labute approximate surface area is 230 Å². The van der Waals surface area contributed by atoms with Crippen LogP contribution in [0.3, 0.4) is 0 Å². The number of piperazine rings is 1. The molecule has 206 valence electrons. The molecule has 0 spiro atoms. The fourth-order valence-electron chi connectivity index (χ4n) is 4.28. The van der Waals surface area contributed by atoms with E-state index in [1.165, 1.54) is 39.9 Å². The lowest BCUT2D eigenvalue weighted by molar-refractivity contribution is -0.116. The highest BCUT2D eigenvalue weighted by atomic mass is 35.5. The van der Waals surface area contributed by atoms with Crippen LogP contribution in [0.2, 0.25) is 5.02 Å². The number of anilines is 3. The van der Waals surface area contributed by atoms with Gasteiger partial charge in [-0.25, -0.2) is 18.7 Å². The summed E-state index contributed by atoms with van der Waals surface area (Å²) in [5, 5.41) is 14.6. The van der Waals surface area contributed by atoms with Crippen LogP contribution in [-0.2, 0) is 11.3 Å². The predicted octanol–water partition coefficient (Wildman–Crippen LogP) is 2.97. The number of carbonyl (C=O) groups is 1. The summed E-state index contributed by atoms with van der Waals surface area (Å²) in [4.78, 5) is 37.8. The van der Waals surface area contributed by atoms with Crippen LogP contribution in [0.5, 0.6) is 0 Å². The average Bonchev–Trinajstić information content (AvgIpc) is 3.14. The first-order chi connectivity index (χ1) is 18.6. The van der Waals surface area contributed by atoms with Gasteiger partial charge >= 0.3 is 0 Å². The molecule has 1 amide bonds. The number of carbonyl (C=O) groups excluding carboxylic acids is 1. The fraction of sp³-hybridized carbons (Fsp3) is 0.346. The third-order valence-corrected chi connectivity index (χ3v) is 6.41. The monoisotopic (exact) mass is 555 g/mol. The molecule has 0 unspecified atom stereocenters. The largest absolute Gasteiger partial charge is 0.365 e. The van der Waals surface area contributed by atoms with Crippen molar-refractivity contribution in [1.29, 1.82) is 5.41 Å². The van der Waals surface area contributed by atoms with Gasteiger partial charge in [-0.05, 0) is 39.1 Å². The molecule has 1 saturated heterocycles. The minimum Gasteiger partial charge on any atom is -0.365 e. The number of fused-ring (bicyclic) bond motifs is 1. The first kappa shape index (κ1) is 28.0. The standard InChI is InChI=1S/C26H31ClFN9O2/c1-5-8-36-25(39)18-15-30-26(33-24(18)37(36)21(29)6-7-22(38)31-16(2)3)32-17-13-19(27)23(20(28)14-17)35-11-9-34(4)10-12-35/h5-7,13-16,29H,1,8-12H2,2-4H3,(H,31,38)(H,30,32,33)/b7-6-,29-21?. The van der Waals surface area contributed by atoms with Gasteiger partial charge in [0.1, 0.15) is 17.0 Å². The van der Waals surface area contributed by atoms with E-state index in [1.807, 2.05) is 25.8 Å². The van der Waals surface area contributed by atoms with Gasteiger partial charge in [0.15, 0.2) is 5.65 Å². The van der Waals surface area contributed by atoms with Crippen LogP contribution in [-0.4, -0.2) is 75.2 Å². The summed E-state index contributed by atoms with van der Waals surface area (Å²) in [7, 11) is 2.02. The van der Waals surface area contributed by atoms with E-state index in [9.17, 15) is 9.59 Å². The van der Waals surface area contributed by atoms with Crippen molar-refractivity contribution >= 4 is 51.7 Å². The summed E-state index contributed by atoms with van der Waals surface area (Å²) < 4.78 is 17.7. The summed E-state index contributed by atoms with van der Waals surface area (Å²) in [5.74, 6) is -0.946.